The van der Waals surface area contributed by atoms with Gasteiger partial charge in [-0.15, -0.1) is 0 Å². The second-order valence-corrected chi connectivity index (χ2v) is 5.33. The average molecular weight is 279 g/mol. The van der Waals surface area contributed by atoms with E-state index in [1.54, 1.807) is 0 Å². The zero-order valence-corrected chi connectivity index (χ0v) is 12.4. The minimum Gasteiger partial charge on any atom is -0.395 e. The van der Waals surface area contributed by atoms with Crippen molar-refractivity contribution in [2.45, 2.75) is 52.0 Å². The van der Waals surface area contributed by atoms with E-state index in [2.05, 4.69) is 22.2 Å². The molecule has 112 valence electrons. The highest BCUT2D eigenvalue weighted by Crippen LogP contribution is 2.32. The van der Waals surface area contributed by atoms with Crippen molar-refractivity contribution in [2.24, 2.45) is 5.84 Å². The van der Waals surface area contributed by atoms with Crippen molar-refractivity contribution in [1.82, 2.24) is 9.97 Å². The van der Waals surface area contributed by atoms with Gasteiger partial charge in [0.25, 0.3) is 0 Å². The molecular formula is C14H25N5O. The van der Waals surface area contributed by atoms with Gasteiger partial charge in [-0.25, -0.2) is 15.8 Å². The molecular weight excluding hydrogens is 254 g/mol. The Kier molecular flexibility index (Phi) is 5.14. The predicted molar refractivity (Wildman–Crippen MR) is 80.6 cm³/mol. The Bertz CT molecular complexity index is 447. The van der Waals surface area contributed by atoms with Gasteiger partial charge in [0.2, 0.25) is 0 Å². The van der Waals surface area contributed by atoms with Gasteiger partial charge in [0.15, 0.2) is 0 Å². The molecule has 1 fully saturated rings. The molecule has 0 aliphatic heterocycles. The minimum absolute atomic E-state index is 0.133. The highest BCUT2D eigenvalue weighted by Gasteiger charge is 2.27. The molecule has 1 aliphatic carbocycles. The Morgan fingerprint density at radius 1 is 1.40 bits per heavy atom. The van der Waals surface area contributed by atoms with Crippen LogP contribution in [0, 0.1) is 6.92 Å². The first-order chi connectivity index (χ1) is 9.71. The summed E-state index contributed by atoms with van der Waals surface area (Å²) in [7, 11) is 0. The topological polar surface area (TPSA) is 87.3 Å². The average Bonchev–Trinajstić information content (AvgIpc) is 2.38. The number of rotatable bonds is 7. The van der Waals surface area contributed by atoms with Gasteiger partial charge in [0.05, 0.1) is 6.61 Å². The fourth-order valence-corrected chi connectivity index (χ4v) is 2.57. The van der Waals surface area contributed by atoms with Crippen LogP contribution in [-0.2, 0) is 6.42 Å². The Labute approximate surface area is 120 Å². The summed E-state index contributed by atoms with van der Waals surface area (Å²) in [5.74, 6) is 7.98. The zero-order chi connectivity index (χ0) is 14.5. The lowest BCUT2D eigenvalue weighted by molar-refractivity contribution is 0.282. The number of nitrogens with one attached hydrogen (secondary N) is 1. The molecule has 4 N–H and O–H groups in total. The molecule has 1 aromatic heterocycles. The number of aliphatic hydroxyl groups is 1. The summed E-state index contributed by atoms with van der Waals surface area (Å²) in [6.45, 7) is 4.83. The molecule has 0 spiro atoms. The third kappa shape index (κ3) is 3.02. The van der Waals surface area contributed by atoms with Gasteiger partial charge in [-0.2, -0.15) is 0 Å². The van der Waals surface area contributed by atoms with Gasteiger partial charge in [-0.05, 0) is 32.6 Å². The SMILES string of the molecule is CCCc1nc(NN)c(C)c(N(CCO)C2CCC2)n1. The van der Waals surface area contributed by atoms with Gasteiger partial charge in [-0.1, -0.05) is 6.92 Å². The first-order valence-electron chi connectivity index (χ1n) is 7.42. The standard InChI is InChI=1S/C14H25N5O/c1-3-5-12-16-13(18-15)10(2)14(17-12)19(8-9-20)11-6-4-7-11/h11,20H,3-9,15H2,1-2H3,(H,16,17,18). The van der Waals surface area contributed by atoms with Crippen molar-refractivity contribution < 1.29 is 5.11 Å². The van der Waals surface area contributed by atoms with Crippen LogP contribution in [0.4, 0.5) is 11.6 Å². The maximum absolute atomic E-state index is 9.33. The number of hydrogen-bond donors (Lipinski definition) is 3. The molecule has 0 aromatic carbocycles. The molecule has 0 atom stereocenters. The first kappa shape index (κ1) is 15.0. The largest absolute Gasteiger partial charge is 0.395 e. The fourth-order valence-electron chi connectivity index (χ4n) is 2.57. The molecule has 1 heterocycles. The molecule has 1 saturated carbocycles. The van der Waals surface area contributed by atoms with Gasteiger partial charge < -0.3 is 15.4 Å². The van der Waals surface area contributed by atoms with Crippen LogP contribution in [0.15, 0.2) is 0 Å². The number of aliphatic hydroxyl groups excluding tert-OH is 1. The van der Waals surface area contributed by atoms with E-state index in [4.69, 9.17) is 10.8 Å². The summed E-state index contributed by atoms with van der Waals surface area (Å²) < 4.78 is 0. The summed E-state index contributed by atoms with van der Waals surface area (Å²) in [6, 6.07) is 0.482. The van der Waals surface area contributed by atoms with E-state index in [9.17, 15) is 5.11 Å². The maximum Gasteiger partial charge on any atom is 0.148 e. The second kappa shape index (κ2) is 6.85. The lowest BCUT2D eigenvalue weighted by atomic mass is 9.91. The van der Waals surface area contributed by atoms with E-state index in [1.165, 1.54) is 6.42 Å². The Balaban J connectivity index is 2.37. The van der Waals surface area contributed by atoms with Crippen molar-refractivity contribution in [2.75, 3.05) is 23.5 Å². The van der Waals surface area contributed by atoms with Crippen LogP contribution >= 0.6 is 0 Å². The van der Waals surface area contributed by atoms with Gasteiger partial charge in [-0.3, -0.25) is 0 Å². The quantitative estimate of drug-likeness (QED) is 0.516. The maximum atomic E-state index is 9.33. The number of aryl methyl sites for hydroxylation is 1. The highest BCUT2D eigenvalue weighted by atomic mass is 16.3. The van der Waals surface area contributed by atoms with Crippen LogP contribution in [0.25, 0.3) is 0 Å². The van der Waals surface area contributed by atoms with Crippen LogP contribution in [-0.4, -0.2) is 34.3 Å². The van der Waals surface area contributed by atoms with Crippen LogP contribution in [0.1, 0.15) is 44.0 Å². The Hall–Kier alpha value is -1.40. The third-order valence-corrected chi connectivity index (χ3v) is 3.91. The highest BCUT2D eigenvalue weighted by molar-refractivity contribution is 5.59. The van der Waals surface area contributed by atoms with Crippen molar-refractivity contribution in [3.05, 3.63) is 11.4 Å². The van der Waals surface area contributed by atoms with E-state index in [0.29, 0.717) is 18.4 Å². The van der Waals surface area contributed by atoms with Crippen LogP contribution in [0.3, 0.4) is 0 Å². The van der Waals surface area contributed by atoms with E-state index in [1.807, 2.05) is 6.92 Å². The monoisotopic (exact) mass is 279 g/mol. The van der Waals surface area contributed by atoms with Crippen molar-refractivity contribution in [1.29, 1.82) is 0 Å². The van der Waals surface area contributed by atoms with Crippen LogP contribution in [0.2, 0.25) is 0 Å². The predicted octanol–water partition coefficient (Wildman–Crippen LogP) is 1.37. The van der Waals surface area contributed by atoms with Gasteiger partial charge in [0, 0.05) is 24.6 Å². The molecule has 6 nitrogen and oxygen atoms in total. The molecule has 0 unspecified atom stereocenters. The van der Waals surface area contributed by atoms with Gasteiger partial charge >= 0.3 is 0 Å². The van der Waals surface area contributed by atoms with E-state index >= 15 is 0 Å². The molecule has 20 heavy (non-hydrogen) atoms. The molecule has 0 saturated heterocycles. The summed E-state index contributed by atoms with van der Waals surface area (Å²) in [5, 5.41) is 9.33. The summed E-state index contributed by atoms with van der Waals surface area (Å²) in [5.41, 5.74) is 3.62. The number of hydrazine groups is 1. The molecule has 1 aliphatic rings. The summed E-state index contributed by atoms with van der Waals surface area (Å²) in [6.07, 6.45) is 5.41. The molecule has 2 rings (SSSR count). The van der Waals surface area contributed by atoms with E-state index < -0.39 is 0 Å². The van der Waals surface area contributed by atoms with E-state index in [0.717, 1.165) is 42.9 Å². The Morgan fingerprint density at radius 2 is 2.15 bits per heavy atom. The van der Waals surface area contributed by atoms with Gasteiger partial charge in [0.1, 0.15) is 17.5 Å². The lowest BCUT2D eigenvalue weighted by Crippen LogP contribution is -2.43. The summed E-state index contributed by atoms with van der Waals surface area (Å²) in [4.78, 5) is 11.4. The van der Waals surface area contributed by atoms with Crippen LogP contribution in [0.5, 0.6) is 0 Å². The number of nitrogens with zero attached hydrogens (tertiary/aromatic N) is 3. The number of nitrogen functional groups attached to an aromatic ring is 1. The smallest absolute Gasteiger partial charge is 0.148 e. The number of hydrogen-bond acceptors (Lipinski definition) is 6. The van der Waals surface area contributed by atoms with Crippen molar-refractivity contribution >= 4 is 11.6 Å². The first-order valence-corrected chi connectivity index (χ1v) is 7.42. The molecule has 1 aromatic rings. The number of anilines is 2. The van der Waals surface area contributed by atoms with Crippen molar-refractivity contribution in [3.8, 4) is 0 Å². The van der Waals surface area contributed by atoms with E-state index in [-0.39, 0.29) is 6.61 Å². The van der Waals surface area contributed by atoms with Crippen molar-refractivity contribution in [3.63, 3.8) is 0 Å². The molecule has 6 heteroatoms. The normalized spacial score (nSPS) is 15.0. The lowest BCUT2D eigenvalue weighted by Gasteiger charge is -2.39. The Morgan fingerprint density at radius 3 is 2.65 bits per heavy atom. The molecule has 0 amide bonds. The number of nitrogens with two attached hydrogens (primary N) is 1. The number of aromatic nitrogens is 2. The molecule has 0 bridgehead atoms. The second-order valence-electron chi connectivity index (χ2n) is 5.33. The zero-order valence-electron chi connectivity index (χ0n) is 12.4. The molecule has 0 radical (unpaired) electrons. The third-order valence-electron chi connectivity index (χ3n) is 3.91. The van der Waals surface area contributed by atoms with Crippen LogP contribution < -0.4 is 16.2 Å². The fraction of sp³-hybridized carbons (Fsp3) is 0.714. The summed E-state index contributed by atoms with van der Waals surface area (Å²) >= 11 is 0. The minimum atomic E-state index is 0.133.